The highest BCUT2D eigenvalue weighted by Gasteiger charge is 2.13. The van der Waals surface area contributed by atoms with Crippen LogP contribution in [0.4, 0.5) is 5.69 Å². The second-order valence-electron chi connectivity index (χ2n) is 4.25. The Morgan fingerprint density at radius 3 is 2.19 bits per heavy atom. The van der Waals surface area contributed by atoms with Crippen LogP contribution in [0.15, 0.2) is 42.5 Å². The van der Waals surface area contributed by atoms with Gasteiger partial charge in [-0.3, -0.25) is 10.1 Å². The van der Waals surface area contributed by atoms with E-state index in [0.29, 0.717) is 22.5 Å². The van der Waals surface area contributed by atoms with Crippen molar-refractivity contribution in [3.05, 3.63) is 58.1 Å². The number of rotatable bonds is 4. The quantitative estimate of drug-likeness (QED) is 0.510. The van der Waals surface area contributed by atoms with Crippen molar-refractivity contribution in [2.45, 2.75) is 14.4 Å². The van der Waals surface area contributed by atoms with Crippen molar-refractivity contribution in [1.82, 2.24) is 0 Å². The van der Waals surface area contributed by atoms with Gasteiger partial charge in [0, 0.05) is 5.56 Å². The molecule has 2 aromatic carbocycles. The minimum absolute atomic E-state index is 0. The van der Waals surface area contributed by atoms with Gasteiger partial charge in [0.2, 0.25) is 0 Å². The van der Waals surface area contributed by atoms with Gasteiger partial charge in [-0.25, -0.2) is 0 Å². The number of hydrogen-bond donors (Lipinski definition) is 2. The van der Waals surface area contributed by atoms with E-state index in [1.54, 1.807) is 31.2 Å². The average molecular weight is 289 g/mol. The molecule has 0 bridgehead atoms. The first kappa shape index (κ1) is 16.7. The summed E-state index contributed by atoms with van der Waals surface area (Å²) in [6.07, 6.45) is 0. The molecule has 110 valence electrons. The molecular formula is C14H16BNO5. The lowest BCUT2D eigenvalue weighted by molar-refractivity contribution is -0.385. The molecule has 0 unspecified atom stereocenters. The third-order valence-corrected chi connectivity index (χ3v) is 2.79. The molecule has 2 N–H and O–H groups in total. The molecular weight excluding hydrogens is 273 g/mol. The Balaban J connectivity index is 0.00000220. The molecule has 0 aliphatic carbocycles. The minimum Gasteiger partial charge on any atom is -0.457 e. The first-order chi connectivity index (χ1) is 9.47. The third-order valence-electron chi connectivity index (χ3n) is 2.79. The van der Waals surface area contributed by atoms with Crippen LogP contribution in [0.3, 0.4) is 0 Å². The van der Waals surface area contributed by atoms with Crippen molar-refractivity contribution in [3.63, 3.8) is 0 Å². The van der Waals surface area contributed by atoms with Gasteiger partial charge in [0.05, 0.1) is 11.0 Å². The van der Waals surface area contributed by atoms with E-state index >= 15 is 0 Å². The molecule has 0 spiro atoms. The van der Waals surface area contributed by atoms with E-state index < -0.39 is 12.0 Å². The predicted molar refractivity (Wildman–Crippen MR) is 80.9 cm³/mol. The van der Waals surface area contributed by atoms with Crippen LogP contribution in [0.25, 0.3) is 0 Å². The van der Waals surface area contributed by atoms with Crippen LogP contribution in [0.5, 0.6) is 11.5 Å². The largest absolute Gasteiger partial charge is 0.488 e. The summed E-state index contributed by atoms with van der Waals surface area (Å²) in [6, 6.07) is 10.7. The van der Waals surface area contributed by atoms with Crippen molar-refractivity contribution in [1.29, 1.82) is 0 Å². The molecule has 0 atom stereocenters. The predicted octanol–water partition coefficient (Wildman–Crippen LogP) is 2.01. The summed E-state index contributed by atoms with van der Waals surface area (Å²) in [4.78, 5) is 10.4. The molecule has 6 nitrogen and oxygen atoms in total. The van der Waals surface area contributed by atoms with E-state index in [1.807, 2.05) is 0 Å². The van der Waals surface area contributed by atoms with Gasteiger partial charge in [0.1, 0.15) is 11.5 Å². The molecule has 0 aromatic heterocycles. The number of nitrogens with zero attached hydrogens (tertiary/aromatic N) is 1. The Morgan fingerprint density at radius 1 is 1.10 bits per heavy atom. The van der Waals surface area contributed by atoms with Gasteiger partial charge in [-0.15, -0.1) is 0 Å². The maximum absolute atomic E-state index is 10.8. The first-order valence-corrected chi connectivity index (χ1v) is 5.86. The van der Waals surface area contributed by atoms with Crippen LogP contribution in [0.2, 0.25) is 0 Å². The van der Waals surface area contributed by atoms with E-state index in [4.69, 9.17) is 14.8 Å². The molecule has 2 aromatic rings. The molecule has 7 heteroatoms. The molecule has 0 fully saturated rings. The van der Waals surface area contributed by atoms with E-state index in [0.717, 1.165) is 0 Å². The van der Waals surface area contributed by atoms with Crippen LogP contribution >= 0.6 is 0 Å². The van der Waals surface area contributed by atoms with Gasteiger partial charge in [-0.1, -0.05) is 19.6 Å². The molecule has 0 heterocycles. The molecule has 0 aliphatic rings. The van der Waals surface area contributed by atoms with Gasteiger partial charge >= 0.3 is 7.12 Å². The summed E-state index contributed by atoms with van der Waals surface area (Å²) in [6.45, 7) is 1.65. The zero-order valence-corrected chi connectivity index (χ0v) is 10.7. The highest BCUT2D eigenvalue weighted by Crippen LogP contribution is 2.27. The average Bonchev–Trinajstić information content (AvgIpc) is 2.41. The summed E-state index contributed by atoms with van der Waals surface area (Å²) in [5, 5.41) is 28.8. The van der Waals surface area contributed by atoms with Crippen LogP contribution < -0.4 is 10.2 Å². The Hall–Kier alpha value is -2.38. The maximum atomic E-state index is 10.8. The van der Waals surface area contributed by atoms with Crippen molar-refractivity contribution in [2.75, 3.05) is 0 Å². The Kier molecular flexibility index (Phi) is 5.46. The summed E-state index contributed by atoms with van der Waals surface area (Å²) in [5.74, 6) is 0.798. The number of nitro benzene ring substituents is 1. The second-order valence-corrected chi connectivity index (χ2v) is 4.25. The molecule has 0 aliphatic heterocycles. The Labute approximate surface area is 122 Å². The Morgan fingerprint density at radius 2 is 1.67 bits per heavy atom. The van der Waals surface area contributed by atoms with Gasteiger partial charge < -0.3 is 14.8 Å². The summed E-state index contributed by atoms with van der Waals surface area (Å²) in [7, 11) is -1.54. The van der Waals surface area contributed by atoms with Gasteiger partial charge in [0.15, 0.2) is 0 Å². The van der Waals surface area contributed by atoms with Gasteiger partial charge in [0.25, 0.3) is 5.69 Å². The zero-order chi connectivity index (χ0) is 14.7. The van der Waals surface area contributed by atoms with Gasteiger partial charge in [-0.2, -0.15) is 0 Å². The summed E-state index contributed by atoms with van der Waals surface area (Å²) in [5.41, 5.74) is 0.887. The fourth-order valence-corrected chi connectivity index (χ4v) is 1.69. The third kappa shape index (κ3) is 4.04. The standard InChI is InChI=1S/C13H12BNO5.CH4/c1-9-2-5-12(8-13(9)15(18)19)20-11-6-3-10(4-7-11)14(16)17;/h2-8,16-17H,1H3;1H4. The van der Waals surface area contributed by atoms with E-state index in [9.17, 15) is 10.1 Å². The molecule has 0 amide bonds. The summed E-state index contributed by atoms with van der Waals surface area (Å²) < 4.78 is 5.49. The van der Waals surface area contributed by atoms with Crippen LogP contribution in [0, 0.1) is 17.0 Å². The number of ether oxygens (including phenoxy) is 1. The van der Waals surface area contributed by atoms with E-state index in [-0.39, 0.29) is 13.1 Å². The van der Waals surface area contributed by atoms with Crippen LogP contribution in [-0.4, -0.2) is 22.1 Å². The number of aryl methyl sites for hydroxylation is 1. The zero-order valence-electron chi connectivity index (χ0n) is 10.7. The van der Waals surface area contributed by atoms with Crippen molar-refractivity contribution in [2.24, 2.45) is 0 Å². The van der Waals surface area contributed by atoms with Crippen molar-refractivity contribution in [3.8, 4) is 11.5 Å². The van der Waals surface area contributed by atoms with E-state index in [1.165, 1.54) is 18.2 Å². The van der Waals surface area contributed by atoms with Crippen LogP contribution in [-0.2, 0) is 0 Å². The fraction of sp³-hybridized carbons (Fsp3) is 0.143. The van der Waals surface area contributed by atoms with E-state index in [2.05, 4.69) is 0 Å². The molecule has 2 rings (SSSR count). The second kappa shape index (κ2) is 6.87. The lowest BCUT2D eigenvalue weighted by atomic mass is 9.80. The minimum atomic E-state index is -1.54. The van der Waals surface area contributed by atoms with Crippen molar-refractivity contribution >= 4 is 18.3 Å². The number of benzene rings is 2. The van der Waals surface area contributed by atoms with Crippen molar-refractivity contribution < 1.29 is 19.7 Å². The van der Waals surface area contributed by atoms with Crippen LogP contribution in [0.1, 0.15) is 13.0 Å². The first-order valence-electron chi connectivity index (χ1n) is 5.86. The number of hydrogen-bond acceptors (Lipinski definition) is 5. The monoisotopic (exact) mass is 289 g/mol. The smallest absolute Gasteiger partial charge is 0.457 e. The number of nitro groups is 1. The highest BCUT2D eigenvalue weighted by atomic mass is 16.6. The lowest BCUT2D eigenvalue weighted by Gasteiger charge is -2.07. The molecule has 0 radical (unpaired) electrons. The molecule has 0 saturated heterocycles. The summed E-state index contributed by atoms with van der Waals surface area (Å²) >= 11 is 0. The molecule has 21 heavy (non-hydrogen) atoms. The SMILES string of the molecule is C.Cc1ccc(Oc2ccc(B(O)O)cc2)cc1[N+](=O)[O-]. The highest BCUT2D eigenvalue weighted by molar-refractivity contribution is 6.58. The fourth-order valence-electron chi connectivity index (χ4n) is 1.69. The maximum Gasteiger partial charge on any atom is 0.488 e. The molecule has 0 saturated carbocycles. The normalized spacial score (nSPS) is 9.67. The Bertz CT molecular complexity index is 628. The van der Waals surface area contributed by atoms with Gasteiger partial charge in [-0.05, 0) is 36.7 Å². The topological polar surface area (TPSA) is 92.8 Å². The lowest BCUT2D eigenvalue weighted by Crippen LogP contribution is -2.29.